The van der Waals surface area contributed by atoms with Crippen molar-refractivity contribution in [2.24, 2.45) is 0 Å². The average molecular weight is 219 g/mol. The number of hydrogen-bond donors (Lipinski definition) is 2. The van der Waals surface area contributed by atoms with Gasteiger partial charge in [-0.05, 0) is 24.6 Å². The molecule has 16 heavy (non-hydrogen) atoms. The fourth-order valence-corrected chi connectivity index (χ4v) is 1.51. The Bertz CT molecular complexity index is 422. The molecule has 84 valence electrons. The Morgan fingerprint density at radius 2 is 2.12 bits per heavy atom. The average Bonchev–Trinajstić information content (AvgIpc) is 2.80. The van der Waals surface area contributed by atoms with E-state index in [2.05, 4.69) is 15.3 Å². The first kappa shape index (κ1) is 10.8. The van der Waals surface area contributed by atoms with Crippen LogP contribution in [0.5, 0.6) is 0 Å². The minimum Gasteiger partial charge on any atom is -0.347 e. The smallest absolute Gasteiger partial charge is 0.123 e. The van der Waals surface area contributed by atoms with Crippen LogP contribution in [0, 0.1) is 5.82 Å². The van der Waals surface area contributed by atoms with Gasteiger partial charge in [0.15, 0.2) is 0 Å². The zero-order valence-corrected chi connectivity index (χ0v) is 9.07. The van der Waals surface area contributed by atoms with E-state index in [1.807, 2.05) is 6.92 Å². The summed E-state index contributed by atoms with van der Waals surface area (Å²) < 4.78 is 12.7. The van der Waals surface area contributed by atoms with E-state index in [4.69, 9.17) is 0 Å². The van der Waals surface area contributed by atoms with Crippen molar-refractivity contribution in [1.82, 2.24) is 15.3 Å². The molecule has 4 heteroatoms. The van der Waals surface area contributed by atoms with Crippen molar-refractivity contribution in [2.45, 2.75) is 19.5 Å². The lowest BCUT2D eigenvalue weighted by molar-refractivity contribution is 0.566. The maximum Gasteiger partial charge on any atom is 0.123 e. The second-order valence-corrected chi connectivity index (χ2v) is 3.73. The summed E-state index contributed by atoms with van der Waals surface area (Å²) in [7, 11) is 0. The highest BCUT2D eigenvalue weighted by Gasteiger charge is 2.04. The topological polar surface area (TPSA) is 40.7 Å². The quantitative estimate of drug-likeness (QED) is 0.829. The third-order valence-corrected chi connectivity index (χ3v) is 2.52. The maximum atomic E-state index is 12.7. The van der Waals surface area contributed by atoms with Gasteiger partial charge < -0.3 is 10.3 Å². The first-order valence-corrected chi connectivity index (χ1v) is 5.22. The third-order valence-electron chi connectivity index (χ3n) is 2.52. The molecular weight excluding hydrogens is 205 g/mol. The van der Waals surface area contributed by atoms with E-state index < -0.39 is 0 Å². The molecule has 0 bridgehead atoms. The second-order valence-electron chi connectivity index (χ2n) is 3.73. The molecule has 0 aliphatic carbocycles. The Balaban J connectivity index is 1.93. The van der Waals surface area contributed by atoms with E-state index in [0.717, 1.165) is 17.8 Å². The predicted octanol–water partition coefficient (Wildman–Crippen LogP) is 2.40. The zero-order chi connectivity index (χ0) is 11.4. The van der Waals surface area contributed by atoms with Gasteiger partial charge >= 0.3 is 0 Å². The summed E-state index contributed by atoms with van der Waals surface area (Å²) in [6.45, 7) is 2.77. The van der Waals surface area contributed by atoms with Gasteiger partial charge in [0.2, 0.25) is 0 Å². The van der Waals surface area contributed by atoms with E-state index >= 15 is 0 Å². The van der Waals surface area contributed by atoms with Crippen LogP contribution in [0.25, 0.3) is 0 Å². The number of nitrogens with zero attached hydrogens (tertiary/aromatic N) is 1. The maximum absolute atomic E-state index is 12.7. The summed E-state index contributed by atoms with van der Waals surface area (Å²) in [6, 6.07) is 6.72. The van der Waals surface area contributed by atoms with Crippen molar-refractivity contribution in [2.75, 3.05) is 0 Å². The van der Waals surface area contributed by atoms with Crippen LogP contribution in [0.1, 0.15) is 24.2 Å². The van der Waals surface area contributed by atoms with Crippen LogP contribution in [0.3, 0.4) is 0 Å². The molecule has 1 heterocycles. The van der Waals surface area contributed by atoms with Crippen LogP contribution in [0.2, 0.25) is 0 Å². The monoisotopic (exact) mass is 219 g/mol. The Kier molecular flexibility index (Phi) is 3.31. The molecule has 2 aromatic rings. The standard InChI is InChI=1S/C12H14FN3/c1-9(10-2-4-11(13)5-3-10)15-7-12-6-14-8-16-12/h2-6,8-9,15H,7H2,1H3,(H,14,16). The second kappa shape index (κ2) is 4.90. The molecule has 0 saturated carbocycles. The van der Waals surface area contributed by atoms with Gasteiger partial charge in [-0.25, -0.2) is 9.37 Å². The van der Waals surface area contributed by atoms with Crippen LogP contribution in [-0.4, -0.2) is 9.97 Å². The van der Waals surface area contributed by atoms with Gasteiger partial charge in [-0.1, -0.05) is 12.1 Å². The van der Waals surface area contributed by atoms with E-state index in [1.54, 1.807) is 24.7 Å². The summed E-state index contributed by atoms with van der Waals surface area (Å²) in [5.74, 6) is -0.204. The van der Waals surface area contributed by atoms with Gasteiger partial charge in [0, 0.05) is 24.5 Å². The predicted molar refractivity (Wildman–Crippen MR) is 60.2 cm³/mol. The minimum absolute atomic E-state index is 0.184. The van der Waals surface area contributed by atoms with Crippen molar-refractivity contribution in [3.05, 3.63) is 53.9 Å². The van der Waals surface area contributed by atoms with Crippen LogP contribution in [0.15, 0.2) is 36.8 Å². The summed E-state index contributed by atoms with van der Waals surface area (Å²) in [5.41, 5.74) is 2.11. The first-order valence-electron chi connectivity index (χ1n) is 5.22. The molecule has 0 radical (unpaired) electrons. The third kappa shape index (κ3) is 2.67. The van der Waals surface area contributed by atoms with Crippen LogP contribution in [0.4, 0.5) is 4.39 Å². The molecule has 1 aromatic heterocycles. The van der Waals surface area contributed by atoms with E-state index in [0.29, 0.717) is 0 Å². The Morgan fingerprint density at radius 3 is 2.75 bits per heavy atom. The van der Waals surface area contributed by atoms with Gasteiger partial charge in [0.05, 0.1) is 6.33 Å². The molecule has 2 rings (SSSR count). The van der Waals surface area contributed by atoms with E-state index in [1.165, 1.54) is 12.1 Å². The molecular formula is C12H14FN3. The summed E-state index contributed by atoms with van der Waals surface area (Å²) in [6.07, 6.45) is 3.43. The highest BCUT2D eigenvalue weighted by Crippen LogP contribution is 2.13. The van der Waals surface area contributed by atoms with Gasteiger partial charge in [-0.3, -0.25) is 0 Å². The van der Waals surface area contributed by atoms with Gasteiger partial charge in [0.1, 0.15) is 5.82 Å². The molecule has 1 aromatic carbocycles. The number of H-pyrrole nitrogens is 1. The van der Waals surface area contributed by atoms with E-state index in [9.17, 15) is 4.39 Å². The van der Waals surface area contributed by atoms with E-state index in [-0.39, 0.29) is 11.9 Å². The highest BCUT2D eigenvalue weighted by atomic mass is 19.1. The summed E-state index contributed by atoms with van der Waals surface area (Å²) in [5, 5.41) is 3.33. The number of benzene rings is 1. The number of rotatable bonds is 4. The molecule has 3 nitrogen and oxygen atoms in total. The normalized spacial score (nSPS) is 12.6. The van der Waals surface area contributed by atoms with Crippen molar-refractivity contribution in [3.8, 4) is 0 Å². The molecule has 1 atom stereocenters. The number of aromatic nitrogens is 2. The fraction of sp³-hybridized carbons (Fsp3) is 0.250. The summed E-state index contributed by atoms with van der Waals surface area (Å²) >= 11 is 0. The van der Waals surface area contributed by atoms with Crippen LogP contribution >= 0.6 is 0 Å². The first-order chi connectivity index (χ1) is 7.75. The number of aromatic amines is 1. The molecule has 0 saturated heterocycles. The molecule has 0 amide bonds. The van der Waals surface area contributed by atoms with Crippen LogP contribution in [-0.2, 0) is 6.54 Å². The Labute approximate surface area is 93.7 Å². The van der Waals surface area contributed by atoms with Crippen molar-refractivity contribution in [1.29, 1.82) is 0 Å². The van der Waals surface area contributed by atoms with Gasteiger partial charge in [0.25, 0.3) is 0 Å². The lowest BCUT2D eigenvalue weighted by Gasteiger charge is -2.13. The Hall–Kier alpha value is -1.68. The molecule has 2 N–H and O–H groups in total. The van der Waals surface area contributed by atoms with Crippen molar-refractivity contribution >= 4 is 0 Å². The molecule has 0 aliphatic heterocycles. The fourth-order valence-electron chi connectivity index (χ4n) is 1.51. The summed E-state index contributed by atoms with van der Waals surface area (Å²) in [4.78, 5) is 6.96. The number of hydrogen-bond acceptors (Lipinski definition) is 2. The molecule has 0 fully saturated rings. The SMILES string of the molecule is CC(NCc1cnc[nH]1)c1ccc(F)cc1. The highest BCUT2D eigenvalue weighted by molar-refractivity contribution is 5.19. The largest absolute Gasteiger partial charge is 0.347 e. The van der Waals surface area contributed by atoms with Crippen LogP contribution < -0.4 is 5.32 Å². The van der Waals surface area contributed by atoms with Crippen molar-refractivity contribution in [3.63, 3.8) is 0 Å². The lowest BCUT2D eigenvalue weighted by atomic mass is 10.1. The van der Waals surface area contributed by atoms with Crippen molar-refractivity contribution < 1.29 is 4.39 Å². The number of halogens is 1. The van der Waals surface area contributed by atoms with Gasteiger partial charge in [-0.2, -0.15) is 0 Å². The zero-order valence-electron chi connectivity index (χ0n) is 9.07. The number of imidazole rings is 1. The van der Waals surface area contributed by atoms with Gasteiger partial charge in [-0.15, -0.1) is 0 Å². The molecule has 0 spiro atoms. The number of nitrogens with one attached hydrogen (secondary N) is 2. The molecule has 1 unspecified atom stereocenters. The lowest BCUT2D eigenvalue weighted by Crippen LogP contribution is -2.18. The Morgan fingerprint density at radius 1 is 1.38 bits per heavy atom. The minimum atomic E-state index is -0.204. The molecule has 0 aliphatic rings.